The van der Waals surface area contributed by atoms with Crippen LogP contribution in [0.1, 0.15) is 5.56 Å². The van der Waals surface area contributed by atoms with Crippen LogP contribution in [0, 0.1) is 23.7 Å². The Morgan fingerprint density at radius 1 is 1.50 bits per heavy atom. The lowest BCUT2D eigenvalue weighted by molar-refractivity contribution is -0.115. The van der Waals surface area contributed by atoms with Crippen LogP contribution in [-0.4, -0.2) is 19.0 Å². The van der Waals surface area contributed by atoms with Gasteiger partial charge in [-0.05, 0) is 18.2 Å². The minimum absolute atomic E-state index is 0.154. The number of amides is 1. The Kier molecular flexibility index (Phi) is 4.59. The smallest absolute Gasteiger partial charge is 0.238 e. The second-order valence-electron chi connectivity index (χ2n) is 3.05. The molecule has 1 aromatic rings. The maximum absolute atomic E-state index is 11.4. The highest BCUT2D eigenvalue weighted by Crippen LogP contribution is 2.09. The van der Waals surface area contributed by atoms with Crippen LogP contribution in [0.5, 0.6) is 0 Å². The molecule has 80 valence electrons. The fraction of sp³-hybridized carbons (Fsp3) is 0.167. The van der Waals surface area contributed by atoms with Crippen LogP contribution >= 0.6 is 0 Å². The summed E-state index contributed by atoms with van der Waals surface area (Å²) in [5.41, 5.74) is 1.11. The molecule has 2 N–H and O–H groups in total. The summed E-state index contributed by atoms with van der Waals surface area (Å²) < 4.78 is 0. The zero-order valence-electron chi connectivity index (χ0n) is 8.66. The highest BCUT2D eigenvalue weighted by atomic mass is 16.1. The van der Waals surface area contributed by atoms with E-state index in [1.807, 2.05) is 6.07 Å². The van der Waals surface area contributed by atoms with E-state index in [1.165, 1.54) is 0 Å². The zero-order chi connectivity index (χ0) is 11.8. The molecule has 0 aliphatic carbocycles. The van der Waals surface area contributed by atoms with Gasteiger partial charge in [0, 0.05) is 5.69 Å². The highest BCUT2D eigenvalue weighted by Gasteiger charge is 2.01. The summed E-state index contributed by atoms with van der Waals surface area (Å²) >= 11 is 0. The lowest BCUT2D eigenvalue weighted by atomic mass is 10.2. The minimum atomic E-state index is -0.190. The second kappa shape index (κ2) is 6.23. The van der Waals surface area contributed by atoms with Crippen molar-refractivity contribution in [2.75, 3.05) is 18.4 Å². The molecule has 4 heteroatoms. The monoisotopic (exact) mass is 213 g/mol. The fourth-order valence-corrected chi connectivity index (χ4v) is 1.12. The van der Waals surface area contributed by atoms with E-state index in [2.05, 4.69) is 16.6 Å². The summed E-state index contributed by atoms with van der Waals surface area (Å²) in [7, 11) is 0. The second-order valence-corrected chi connectivity index (χ2v) is 3.05. The van der Waals surface area contributed by atoms with E-state index in [0.717, 1.165) is 0 Å². The quantitative estimate of drug-likeness (QED) is 0.572. The summed E-state index contributed by atoms with van der Waals surface area (Å²) in [5.74, 6) is 2.18. The molecule has 0 aliphatic heterocycles. The molecule has 1 rings (SSSR count). The molecule has 0 bridgehead atoms. The van der Waals surface area contributed by atoms with Crippen LogP contribution in [0.25, 0.3) is 0 Å². The zero-order valence-corrected chi connectivity index (χ0v) is 8.66. The highest BCUT2D eigenvalue weighted by molar-refractivity contribution is 5.92. The van der Waals surface area contributed by atoms with Gasteiger partial charge in [0.15, 0.2) is 0 Å². The van der Waals surface area contributed by atoms with Gasteiger partial charge in [-0.2, -0.15) is 5.26 Å². The van der Waals surface area contributed by atoms with Gasteiger partial charge in [0.25, 0.3) is 0 Å². The Hall–Kier alpha value is -2.30. The fourth-order valence-electron chi connectivity index (χ4n) is 1.12. The third kappa shape index (κ3) is 3.83. The van der Waals surface area contributed by atoms with Crippen molar-refractivity contribution in [2.45, 2.75) is 0 Å². The molecule has 0 aromatic heterocycles. The molecule has 0 saturated heterocycles. The molecule has 4 nitrogen and oxygen atoms in total. The lowest BCUT2D eigenvalue weighted by Gasteiger charge is -2.05. The van der Waals surface area contributed by atoms with Gasteiger partial charge in [0.1, 0.15) is 0 Å². The molecule has 0 atom stereocenters. The van der Waals surface area contributed by atoms with E-state index < -0.39 is 0 Å². The molecule has 1 aromatic carbocycles. The van der Waals surface area contributed by atoms with Gasteiger partial charge in [-0.3, -0.25) is 10.1 Å². The van der Waals surface area contributed by atoms with Gasteiger partial charge < -0.3 is 5.32 Å². The Bertz CT molecular complexity index is 454. The Balaban J connectivity index is 2.50. The summed E-state index contributed by atoms with van der Waals surface area (Å²) in [5, 5.41) is 14.1. The first kappa shape index (κ1) is 11.8. The van der Waals surface area contributed by atoms with Crippen molar-refractivity contribution in [1.82, 2.24) is 5.32 Å². The van der Waals surface area contributed by atoms with Gasteiger partial charge in [-0.15, -0.1) is 6.42 Å². The topological polar surface area (TPSA) is 64.9 Å². The van der Waals surface area contributed by atoms with E-state index in [1.54, 1.807) is 24.3 Å². The number of carbonyl (C=O) groups excluding carboxylic acids is 1. The Morgan fingerprint density at radius 3 is 3.00 bits per heavy atom. The number of anilines is 1. The Labute approximate surface area is 94.3 Å². The van der Waals surface area contributed by atoms with E-state index in [9.17, 15) is 4.79 Å². The van der Waals surface area contributed by atoms with E-state index in [-0.39, 0.29) is 12.5 Å². The number of rotatable bonds is 4. The van der Waals surface area contributed by atoms with Crippen molar-refractivity contribution < 1.29 is 4.79 Å². The van der Waals surface area contributed by atoms with Crippen LogP contribution in [0.15, 0.2) is 24.3 Å². The number of hydrogen-bond donors (Lipinski definition) is 2. The molecule has 0 heterocycles. The number of nitrogens with zero attached hydrogens (tertiary/aromatic N) is 1. The van der Waals surface area contributed by atoms with E-state index in [4.69, 9.17) is 11.7 Å². The number of nitrogens with one attached hydrogen (secondary N) is 2. The Morgan fingerprint density at radius 2 is 2.31 bits per heavy atom. The first-order valence-electron chi connectivity index (χ1n) is 4.70. The van der Waals surface area contributed by atoms with Gasteiger partial charge in [-0.25, -0.2) is 0 Å². The molecule has 0 spiro atoms. The van der Waals surface area contributed by atoms with Crippen LogP contribution < -0.4 is 10.6 Å². The number of benzene rings is 1. The first-order chi connectivity index (χ1) is 7.76. The average Bonchev–Trinajstić information content (AvgIpc) is 2.29. The predicted octanol–water partition coefficient (Wildman–Crippen LogP) is 0.720. The number of hydrogen-bond acceptors (Lipinski definition) is 3. The maximum Gasteiger partial charge on any atom is 0.238 e. The van der Waals surface area contributed by atoms with Crippen LogP contribution in [0.3, 0.4) is 0 Å². The largest absolute Gasteiger partial charge is 0.325 e. The third-order valence-electron chi connectivity index (χ3n) is 1.79. The maximum atomic E-state index is 11.4. The van der Waals surface area contributed by atoms with Crippen LogP contribution in [0.4, 0.5) is 5.69 Å². The molecule has 0 unspecified atom stereocenters. The first-order valence-corrected chi connectivity index (χ1v) is 4.70. The van der Waals surface area contributed by atoms with E-state index >= 15 is 0 Å². The lowest BCUT2D eigenvalue weighted by Crippen LogP contribution is -2.28. The molecule has 0 radical (unpaired) electrons. The van der Waals surface area contributed by atoms with Crippen molar-refractivity contribution in [3.05, 3.63) is 29.8 Å². The van der Waals surface area contributed by atoms with Crippen LogP contribution in [0.2, 0.25) is 0 Å². The van der Waals surface area contributed by atoms with Gasteiger partial charge in [0.2, 0.25) is 5.91 Å². The summed E-state index contributed by atoms with van der Waals surface area (Å²) in [4.78, 5) is 11.4. The third-order valence-corrected chi connectivity index (χ3v) is 1.79. The minimum Gasteiger partial charge on any atom is -0.325 e. The summed E-state index contributed by atoms with van der Waals surface area (Å²) in [6.07, 6.45) is 5.02. The molecule has 0 fully saturated rings. The van der Waals surface area contributed by atoms with Crippen molar-refractivity contribution in [1.29, 1.82) is 5.26 Å². The van der Waals surface area contributed by atoms with Gasteiger partial charge >= 0.3 is 0 Å². The van der Waals surface area contributed by atoms with Crippen molar-refractivity contribution >= 4 is 11.6 Å². The molecule has 16 heavy (non-hydrogen) atoms. The molecule has 0 aliphatic rings. The molecule has 1 amide bonds. The predicted molar refractivity (Wildman–Crippen MR) is 61.5 cm³/mol. The van der Waals surface area contributed by atoms with Gasteiger partial charge in [-0.1, -0.05) is 12.0 Å². The van der Waals surface area contributed by atoms with Crippen molar-refractivity contribution in [2.24, 2.45) is 0 Å². The van der Waals surface area contributed by atoms with Crippen LogP contribution in [-0.2, 0) is 4.79 Å². The summed E-state index contributed by atoms with van der Waals surface area (Å²) in [6.45, 7) is 0.507. The normalized spacial score (nSPS) is 8.88. The summed E-state index contributed by atoms with van der Waals surface area (Å²) in [6, 6.07) is 8.72. The molecular formula is C12H11N3O. The average molecular weight is 213 g/mol. The number of carbonyl (C=O) groups is 1. The number of nitriles is 1. The standard InChI is InChI=1S/C12H11N3O/c1-2-6-14-9-12(16)15-11-5-3-4-10(7-11)8-13/h1,3-5,7,14H,6,9H2,(H,15,16). The SMILES string of the molecule is C#CCNCC(=O)Nc1cccc(C#N)c1. The molecule has 0 saturated carbocycles. The van der Waals surface area contributed by atoms with Crippen molar-refractivity contribution in [3.63, 3.8) is 0 Å². The number of terminal acetylenes is 1. The molecular weight excluding hydrogens is 202 g/mol. The van der Waals surface area contributed by atoms with E-state index in [0.29, 0.717) is 17.8 Å². The van der Waals surface area contributed by atoms with Gasteiger partial charge in [0.05, 0.1) is 24.7 Å². The van der Waals surface area contributed by atoms with Crippen molar-refractivity contribution in [3.8, 4) is 18.4 Å².